The second-order valence-corrected chi connectivity index (χ2v) is 4.33. The monoisotopic (exact) mass is 227 g/mol. The van der Waals surface area contributed by atoms with E-state index in [4.69, 9.17) is 10.2 Å². The van der Waals surface area contributed by atoms with Gasteiger partial charge in [0.15, 0.2) is 5.75 Å². The Hall–Kier alpha value is -0.700. The highest BCUT2D eigenvalue weighted by Crippen LogP contribution is 1.88. The first-order valence-electron chi connectivity index (χ1n) is 3.74. The van der Waals surface area contributed by atoms with Crippen LogP contribution in [0.2, 0.25) is 0 Å². The molecule has 8 heteroatoms. The molecular formula is C6H13NO6S. The summed E-state index contributed by atoms with van der Waals surface area (Å²) in [4.78, 5) is 10.6. The van der Waals surface area contributed by atoms with Crippen LogP contribution in [0.25, 0.3) is 0 Å². The standard InChI is InChI=1S/C6H13NO6S/c1-13-6(10)4-14(11,12)7-2-5(9)3-8/h5,7-9H,2-4H2,1H3. The number of nitrogens with one attached hydrogen (secondary N) is 1. The molecule has 0 saturated carbocycles. The van der Waals surface area contributed by atoms with Gasteiger partial charge in [0.1, 0.15) is 0 Å². The normalized spacial score (nSPS) is 13.6. The number of aliphatic hydroxyl groups excluding tert-OH is 2. The van der Waals surface area contributed by atoms with Crippen molar-refractivity contribution in [3.05, 3.63) is 0 Å². The molecule has 1 unspecified atom stereocenters. The summed E-state index contributed by atoms with van der Waals surface area (Å²) in [5.41, 5.74) is 0. The van der Waals surface area contributed by atoms with Crippen molar-refractivity contribution in [1.82, 2.24) is 4.72 Å². The third-order valence-electron chi connectivity index (χ3n) is 1.29. The highest BCUT2D eigenvalue weighted by Gasteiger charge is 2.17. The second kappa shape index (κ2) is 5.91. The molecule has 0 rings (SSSR count). The maximum Gasteiger partial charge on any atom is 0.322 e. The van der Waals surface area contributed by atoms with Crippen molar-refractivity contribution in [3.63, 3.8) is 0 Å². The fourth-order valence-electron chi connectivity index (χ4n) is 0.553. The van der Waals surface area contributed by atoms with Crippen LogP contribution in [-0.2, 0) is 19.6 Å². The van der Waals surface area contributed by atoms with E-state index >= 15 is 0 Å². The number of methoxy groups -OCH3 is 1. The molecule has 3 N–H and O–H groups in total. The van der Waals surface area contributed by atoms with Gasteiger partial charge in [-0.25, -0.2) is 13.1 Å². The Morgan fingerprint density at radius 1 is 1.57 bits per heavy atom. The Bertz CT molecular complexity index is 274. The number of hydrogen-bond acceptors (Lipinski definition) is 6. The van der Waals surface area contributed by atoms with Gasteiger partial charge in [-0.15, -0.1) is 0 Å². The van der Waals surface area contributed by atoms with Gasteiger partial charge in [-0.2, -0.15) is 0 Å². The van der Waals surface area contributed by atoms with E-state index in [1.54, 1.807) is 0 Å². The van der Waals surface area contributed by atoms with Gasteiger partial charge < -0.3 is 14.9 Å². The topological polar surface area (TPSA) is 113 Å². The fraction of sp³-hybridized carbons (Fsp3) is 0.833. The lowest BCUT2D eigenvalue weighted by Gasteiger charge is -2.08. The molecular weight excluding hydrogens is 214 g/mol. The van der Waals surface area contributed by atoms with E-state index in [1.807, 2.05) is 4.72 Å². The van der Waals surface area contributed by atoms with E-state index in [0.717, 1.165) is 7.11 Å². The maximum atomic E-state index is 11.0. The highest BCUT2D eigenvalue weighted by molar-refractivity contribution is 7.90. The predicted molar refractivity (Wildman–Crippen MR) is 46.9 cm³/mol. The number of carbonyl (C=O) groups excluding carboxylic acids is 1. The summed E-state index contributed by atoms with van der Waals surface area (Å²) in [5.74, 6) is -1.70. The third kappa shape index (κ3) is 5.86. The van der Waals surface area contributed by atoms with Gasteiger partial charge in [0.05, 0.1) is 19.8 Å². The van der Waals surface area contributed by atoms with Crippen LogP contribution in [0.3, 0.4) is 0 Å². The van der Waals surface area contributed by atoms with Crippen LogP contribution in [0, 0.1) is 0 Å². The lowest BCUT2D eigenvalue weighted by Crippen LogP contribution is -2.37. The molecule has 0 spiro atoms. The molecule has 0 saturated heterocycles. The minimum atomic E-state index is -3.79. The van der Waals surface area contributed by atoms with Crippen LogP contribution in [0.15, 0.2) is 0 Å². The maximum absolute atomic E-state index is 11.0. The van der Waals surface area contributed by atoms with E-state index in [1.165, 1.54) is 0 Å². The van der Waals surface area contributed by atoms with Crippen molar-refractivity contribution < 1.29 is 28.2 Å². The van der Waals surface area contributed by atoms with Gasteiger partial charge in [-0.1, -0.05) is 0 Å². The Balaban J connectivity index is 4.03. The van der Waals surface area contributed by atoms with Crippen LogP contribution < -0.4 is 4.72 Å². The van der Waals surface area contributed by atoms with Crippen LogP contribution in [0.5, 0.6) is 0 Å². The molecule has 0 amide bonds. The number of sulfonamides is 1. The Morgan fingerprint density at radius 3 is 2.57 bits per heavy atom. The molecule has 0 bridgehead atoms. The Morgan fingerprint density at radius 2 is 2.14 bits per heavy atom. The first kappa shape index (κ1) is 13.3. The minimum Gasteiger partial charge on any atom is -0.468 e. The summed E-state index contributed by atoms with van der Waals surface area (Å²) in [6, 6.07) is 0. The highest BCUT2D eigenvalue weighted by atomic mass is 32.2. The summed E-state index contributed by atoms with van der Waals surface area (Å²) in [5, 5.41) is 17.2. The van der Waals surface area contributed by atoms with Gasteiger partial charge in [0, 0.05) is 6.54 Å². The second-order valence-electron chi connectivity index (χ2n) is 2.52. The average molecular weight is 227 g/mol. The summed E-state index contributed by atoms with van der Waals surface area (Å²) >= 11 is 0. The SMILES string of the molecule is COC(=O)CS(=O)(=O)NCC(O)CO. The number of carbonyl (C=O) groups is 1. The largest absolute Gasteiger partial charge is 0.468 e. The van der Waals surface area contributed by atoms with Gasteiger partial charge in [-0.05, 0) is 0 Å². The van der Waals surface area contributed by atoms with Crippen molar-refractivity contribution in [2.45, 2.75) is 6.10 Å². The van der Waals surface area contributed by atoms with Crippen molar-refractivity contribution >= 4 is 16.0 Å². The molecule has 1 atom stereocenters. The van der Waals surface area contributed by atoms with Crippen molar-refractivity contribution in [3.8, 4) is 0 Å². The third-order valence-corrected chi connectivity index (χ3v) is 2.51. The van der Waals surface area contributed by atoms with Crippen LogP contribution >= 0.6 is 0 Å². The van der Waals surface area contributed by atoms with Crippen LogP contribution in [-0.4, -0.2) is 56.7 Å². The van der Waals surface area contributed by atoms with Crippen molar-refractivity contribution in [2.24, 2.45) is 0 Å². The molecule has 0 aliphatic rings. The minimum absolute atomic E-state index is 0.337. The molecule has 0 radical (unpaired) electrons. The number of esters is 1. The fourth-order valence-corrected chi connectivity index (χ4v) is 1.53. The van der Waals surface area contributed by atoms with Crippen LogP contribution in [0.1, 0.15) is 0 Å². The molecule has 0 aromatic heterocycles. The molecule has 0 aliphatic carbocycles. The number of hydrogen-bond donors (Lipinski definition) is 3. The summed E-state index contributed by atoms with van der Waals surface area (Å²) < 4.78 is 28.1. The Kier molecular flexibility index (Phi) is 5.62. The molecule has 0 aromatic rings. The first-order chi connectivity index (χ1) is 6.41. The summed E-state index contributed by atoms with van der Waals surface area (Å²) in [6.45, 7) is -0.892. The van der Waals surface area contributed by atoms with E-state index in [0.29, 0.717) is 0 Å². The van der Waals surface area contributed by atoms with Gasteiger partial charge in [0.2, 0.25) is 10.0 Å². The van der Waals surface area contributed by atoms with Crippen molar-refractivity contribution in [2.75, 3.05) is 26.0 Å². The number of ether oxygens (including phenoxy) is 1. The zero-order valence-electron chi connectivity index (χ0n) is 7.63. The van der Waals surface area contributed by atoms with Gasteiger partial charge in [-0.3, -0.25) is 4.79 Å². The van der Waals surface area contributed by atoms with Crippen molar-refractivity contribution in [1.29, 1.82) is 0 Å². The lowest BCUT2D eigenvalue weighted by molar-refractivity contribution is -0.137. The lowest BCUT2D eigenvalue weighted by atomic mass is 10.4. The molecule has 0 aliphatic heterocycles. The van der Waals surface area contributed by atoms with E-state index in [9.17, 15) is 13.2 Å². The molecule has 7 nitrogen and oxygen atoms in total. The summed E-state index contributed by atoms with van der Waals surface area (Å²) in [6.07, 6.45) is -1.18. The first-order valence-corrected chi connectivity index (χ1v) is 5.39. The zero-order chi connectivity index (χ0) is 11.2. The van der Waals surface area contributed by atoms with E-state index in [2.05, 4.69) is 4.74 Å². The smallest absolute Gasteiger partial charge is 0.322 e. The van der Waals surface area contributed by atoms with E-state index < -0.39 is 34.5 Å². The summed E-state index contributed by atoms with van der Waals surface area (Å²) in [7, 11) is -2.72. The number of aliphatic hydroxyl groups is 2. The van der Waals surface area contributed by atoms with Gasteiger partial charge >= 0.3 is 5.97 Å². The number of rotatable bonds is 6. The zero-order valence-corrected chi connectivity index (χ0v) is 8.45. The molecule has 84 valence electrons. The van der Waals surface area contributed by atoms with Crippen LogP contribution in [0.4, 0.5) is 0 Å². The Labute approximate surface area is 81.7 Å². The predicted octanol–water partition coefficient (Wildman–Crippen LogP) is -2.57. The quantitative estimate of drug-likeness (QED) is 0.430. The average Bonchev–Trinajstić information content (AvgIpc) is 2.13. The molecule has 0 aromatic carbocycles. The molecule has 0 heterocycles. The van der Waals surface area contributed by atoms with Gasteiger partial charge in [0.25, 0.3) is 0 Å². The molecule has 0 fully saturated rings. The van der Waals surface area contributed by atoms with E-state index in [-0.39, 0.29) is 6.54 Å². The molecule has 14 heavy (non-hydrogen) atoms.